The maximum Gasteiger partial charge on any atom is 0.115 e. The smallest absolute Gasteiger partial charge is 0.115 e. The van der Waals surface area contributed by atoms with Crippen LogP contribution in [0.2, 0.25) is 0 Å². The Hall–Kier alpha value is -1.20. The van der Waals surface area contributed by atoms with Crippen molar-refractivity contribution in [2.75, 3.05) is 6.54 Å². The van der Waals surface area contributed by atoms with Crippen LogP contribution < -0.4 is 5.32 Å². The van der Waals surface area contributed by atoms with Crippen LogP contribution in [0.5, 0.6) is 0 Å². The molecule has 0 spiro atoms. The van der Waals surface area contributed by atoms with Crippen molar-refractivity contribution in [2.24, 2.45) is 0 Å². The van der Waals surface area contributed by atoms with Crippen LogP contribution in [0.1, 0.15) is 45.9 Å². The molecule has 0 aromatic carbocycles. The van der Waals surface area contributed by atoms with E-state index in [9.17, 15) is 0 Å². The van der Waals surface area contributed by atoms with E-state index in [-0.39, 0.29) is 0 Å². The first-order valence-electron chi connectivity index (χ1n) is 7.19. The lowest BCUT2D eigenvalue weighted by Crippen LogP contribution is -2.15. The van der Waals surface area contributed by atoms with Gasteiger partial charge in [-0.1, -0.05) is 6.92 Å². The van der Waals surface area contributed by atoms with Gasteiger partial charge in [0.2, 0.25) is 0 Å². The molecule has 0 unspecified atom stereocenters. The van der Waals surface area contributed by atoms with Gasteiger partial charge in [0.05, 0.1) is 17.9 Å². The molecule has 1 N–H and O–H groups in total. The maximum atomic E-state index is 4.67. The Morgan fingerprint density at radius 2 is 1.90 bits per heavy atom. The quantitative estimate of drug-likeness (QED) is 0.832. The number of nitrogens with zero attached hydrogens (tertiary/aromatic N) is 3. The number of thiazole rings is 1. The van der Waals surface area contributed by atoms with E-state index < -0.39 is 0 Å². The summed E-state index contributed by atoms with van der Waals surface area (Å²) in [5, 5.41) is 9.26. The van der Waals surface area contributed by atoms with Crippen LogP contribution in [0.25, 0.3) is 0 Å². The van der Waals surface area contributed by atoms with E-state index in [1.54, 1.807) is 11.3 Å². The summed E-state index contributed by atoms with van der Waals surface area (Å²) < 4.78 is 2.08. The molecule has 2 aromatic rings. The number of rotatable bonds is 6. The van der Waals surface area contributed by atoms with Gasteiger partial charge < -0.3 is 5.32 Å². The summed E-state index contributed by atoms with van der Waals surface area (Å²) in [5.74, 6) is 0. The second-order valence-electron chi connectivity index (χ2n) is 5.23. The van der Waals surface area contributed by atoms with E-state index in [2.05, 4.69) is 54.7 Å². The van der Waals surface area contributed by atoms with Crippen LogP contribution in [0, 0.1) is 27.7 Å². The Bertz CT molecular complexity index is 563. The molecule has 0 saturated heterocycles. The second kappa shape index (κ2) is 6.50. The monoisotopic (exact) mass is 292 g/mol. The summed E-state index contributed by atoms with van der Waals surface area (Å²) >= 11 is 1.77. The Morgan fingerprint density at radius 1 is 1.15 bits per heavy atom. The fraction of sp³-hybridized carbons (Fsp3) is 0.600. The van der Waals surface area contributed by atoms with Gasteiger partial charge in [0.15, 0.2) is 0 Å². The van der Waals surface area contributed by atoms with Gasteiger partial charge in [-0.25, -0.2) is 4.98 Å². The molecule has 0 bridgehead atoms. The molecule has 0 aliphatic rings. The average molecular weight is 292 g/mol. The SMILES string of the molecule is CCCNCc1c(C)nn(Cc2nc(C)c(C)s2)c1C. The highest BCUT2D eigenvalue weighted by Crippen LogP contribution is 2.19. The van der Waals surface area contributed by atoms with Crippen molar-refractivity contribution >= 4 is 11.3 Å². The highest BCUT2D eigenvalue weighted by atomic mass is 32.1. The summed E-state index contributed by atoms with van der Waals surface area (Å²) in [6.07, 6.45) is 1.16. The van der Waals surface area contributed by atoms with E-state index in [1.165, 1.54) is 16.1 Å². The molecule has 0 aliphatic heterocycles. The average Bonchev–Trinajstić information content (AvgIpc) is 2.84. The number of hydrogen-bond acceptors (Lipinski definition) is 4. The fourth-order valence-electron chi connectivity index (χ4n) is 2.27. The van der Waals surface area contributed by atoms with Crippen LogP contribution in [-0.2, 0) is 13.1 Å². The molecule has 110 valence electrons. The first-order chi connectivity index (χ1) is 9.52. The zero-order chi connectivity index (χ0) is 14.7. The first-order valence-corrected chi connectivity index (χ1v) is 8.01. The summed E-state index contributed by atoms with van der Waals surface area (Å²) in [6, 6.07) is 0. The minimum Gasteiger partial charge on any atom is -0.313 e. The molecule has 0 saturated carbocycles. The lowest BCUT2D eigenvalue weighted by Gasteiger charge is -2.05. The van der Waals surface area contributed by atoms with E-state index >= 15 is 0 Å². The molecular weight excluding hydrogens is 268 g/mol. The zero-order valence-corrected chi connectivity index (χ0v) is 13.9. The molecule has 2 heterocycles. The van der Waals surface area contributed by atoms with Crippen LogP contribution in [0.3, 0.4) is 0 Å². The van der Waals surface area contributed by atoms with Crippen molar-refractivity contribution in [3.63, 3.8) is 0 Å². The first kappa shape index (κ1) is 15.2. The molecule has 4 nitrogen and oxygen atoms in total. The predicted octanol–water partition coefficient (Wildman–Crippen LogP) is 3.12. The van der Waals surface area contributed by atoms with Gasteiger partial charge in [-0.05, 0) is 40.7 Å². The molecule has 2 rings (SSSR count). The topological polar surface area (TPSA) is 42.7 Å². The van der Waals surface area contributed by atoms with Crippen molar-refractivity contribution < 1.29 is 0 Å². The third kappa shape index (κ3) is 3.27. The molecule has 2 aromatic heterocycles. The van der Waals surface area contributed by atoms with Crippen LogP contribution in [0.4, 0.5) is 0 Å². The molecule has 20 heavy (non-hydrogen) atoms. The van der Waals surface area contributed by atoms with Gasteiger partial charge in [0.25, 0.3) is 0 Å². The number of aromatic nitrogens is 3. The van der Waals surface area contributed by atoms with Crippen molar-refractivity contribution in [1.82, 2.24) is 20.1 Å². The maximum absolute atomic E-state index is 4.67. The Kier molecular flexibility index (Phi) is 4.94. The van der Waals surface area contributed by atoms with Crippen LogP contribution in [-0.4, -0.2) is 21.3 Å². The Labute approximate surface area is 125 Å². The number of hydrogen-bond donors (Lipinski definition) is 1. The minimum atomic E-state index is 0.778. The van der Waals surface area contributed by atoms with Gasteiger partial charge in [-0.2, -0.15) is 5.10 Å². The largest absolute Gasteiger partial charge is 0.313 e. The third-order valence-electron chi connectivity index (χ3n) is 3.62. The molecule has 0 atom stereocenters. The summed E-state index contributed by atoms with van der Waals surface area (Å²) in [7, 11) is 0. The van der Waals surface area contributed by atoms with E-state index in [0.717, 1.165) is 42.5 Å². The Balaban J connectivity index is 2.14. The van der Waals surface area contributed by atoms with Crippen LogP contribution in [0.15, 0.2) is 0 Å². The van der Waals surface area contributed by atoms with Crippen molar-refractivity contribution in [1.29, 1.82) is 0 Å². The lowest BCUT2D eigenvalue weighted by atomic mass is 10.2. The highest BCUT2D eigenvalue weighted by molar-refractivity contribution is 7.11. The van der Waals surface area contributed by atoms with Gasteiger partial charge in [-0.3, -0.25) is 4.68 Å². The van der Waals surface area contributed by atoms with E-state index in [0.29, 0.717) is 0 Å². The summed E-state index contributed by atoms with van der Waals surface area (Å²) in [5.41, 5.74) is 4.83. The molecular formula is C15H24N4S. The number of aryl methyl sites for hydroxylation is 3. The molecule has 0 fully saturated rings. The van der Waals surface area contributed by atoms with Gasteiger partial charge >= 0.3 is 0 Å². The molecule has 0 amide bonds. The van der Waals surface area contributed by atoms with Gasteiger partial charge in [0, 0.05) is 22.7 Å². The number of nitrogens with one attached hydrogen (secondary N) is 1. The lowest BCUT2D eigenvalue weighted by molar-refractivity contribution is 0.647. The fourth-order valence-corrected chi connectivity index (χ4v) is 3.19. The normalized spacial score (nSPS) is 11.2. The summed E-state index contributed by atoms with van der Waals surface area (Å²) in [4.78, 5) is 5.90. The van der Waals surface area contributed by atoms with Crippen molar-refractivity contribution in [2.45, 2.75) is 54.1 Å². The zero-order valence-electron chi connectivity index (χ0n) is 13.1. The van der Waals surface area contributed by atoms with Crippen molar-refractivity contribution in [3.05, 3.63) is 32.5 Å². The molecule has 0 aliphatic carbocycles. The second-order valence-corrected chi connectivity index (χ2v) is 6.52. The minimum absolute atomic E-state index is 0.778. The Morgan fingerprint density at radius 3 is 2.50 bits per heavy atom. The van der Waals surface area contributed by atoms with Crippen LogP contribution >= 0.6 is 11.3 Å². The molecule has 5 heteroatoms. The summed E-state index contributed by atoms with van der Waals surface area (Å²) in [6.45, 7) is 13.3. The standard InChI is InChI=1S/C15H24N4S/c1-6-7-16-8-14-11(3)18-19(12(14)4)9-15-17-10(2)13(5)20-15/h16H,6-9H2,1-5H3. The van der Waals surface area contributed by atoms with Gasteiger partial charge in [-0.15, -0.1) is 11.3 Å². The molecule has 0 radical (unpaired) electrons. The third-order valence-corrected chi connectivity index (χ3v) is 4.68. The predicted molar refractivity (Wildman–Crippen MR) is 84.4 cm³/mol. The van der Waals surface area contributed by atoms with E-state index in [4.69, 9.17) is 0 Å². The highest BCUT2D eigenvalue weighted by Gasteiger charge is 2.13. The van der Waals surface area contributed by atoms with E-state index in [1.807, 2.05) is 0 Å². The van der Waals surface area contributed by atoms with Gasteiger partial charge in [0.1, 0.15) is 5.01 Å². The van der Waals surface area contributed by atoms with Crippen molar-refractivity contribution in [3.8, 4) is 0 Å².